The first kappa shape index (κ1) is 18.5. The number of aromatic amines is 1. The predicted octanol–water partition coefficient (Wildman–Crippen LogP) is 3.42. The van der Waals surface area contributed by atoms with Gasteiger partial charge in [0.25, 0.3) is 5.56 Å². The zero-order chi connectivity index (χ0) is 18.7. The van der Waals surface area contributed by atoms with Gasteiger partial charge < -0.3 is 10.3 Å². The van der Waals surface area contributed by atoms with Crippen LogP contribution in [0.2, 0.25) is 0 Å². The number of hydrogen-bond acceptors (Lipinski definition) is 5. The van der Waals surface area contributed by atoms with Gasteiger partial charge in [0.2, 0.25) is 5.91 Å². The second kappa shape index (κ2) is 7.50. The van der Waals surface area contributed by atoms with Gasteiger partial charge in [-0.05, 0) is 5.56 Å². The summed E-state index contributed by atoms with van der Waals surface area (Å²) >= 11 is 2.17. The molecular formula is C16H12F3N3O2S2. The second-order valence-corrected chi connectivity index (χ2v) is 7.07. The number of H-pyrrole nitrogens is 1. The van der Waals surface area contributed by atoms with Crippen molar-refractivity contribution in [3.8, 4) is 11.1 Å². The maximum Gasteiger partial charge on any atom is 0.405 e. The van der Waals surface area contributed by atoms with E-state index in [2.05, 4.69) is 9.97 Å². The Balaban J connectivity index is 1.76. The van der Waals surface area contributed by atoms with Crippen LogP contribution >= 0.6 is 23.1 Å². The number of amides is 1. The second-order valence-electron chi connectivity index (χ2n) is 5.25. The van der Waals surface area contributed by atoms with Gasteiger partial charge in [-0.25, -0.2) is 4.98 Å². The number of aromatic nitrogens is 2. The van der Waals surface area contributed by atoms with E-state index in [-0.39, 0.29) is 16.5 Å². The third-order valence-corrected chi connectivity index (χ3v) is 5.08. The smallest absolute Gasteiger partial charge is 0.346 e. The molecule has 2 N–H and O–H groups in total. The summed E-state index contributed by atoms with van der Waals surface area (Å²) in [4.78, 5) is 31.2. The molecule has 0 bridgehead atoms. The van der Waals surface area contributed by atoms with Crippen LogP contribution in [0.1, 0.15) is 0 Å². The number of carbonyl (C=O) groups is 1. The molecule has 136 valence electrons. The Kier molecular flexibility index (Phi) is 5.33. The van der Waals surface area contributed by atoms with Crippen LogP contribution in [0.25, 0.3) is 21.3 Å². The van der Waals surface area contributed by atoms with Gasteiger partial charge in [0.1, 0.15) is 11.4 Å². The quantitative estimate of drug-likeness (QED) is 0.509. The van der Waals surface area contributed by atoms with Gasteiger partial charge >= 0.3 is 6.18 Å². The summed E-state index contributed by atoms with van der Waals surface area (Å²) in [6, 6.07) is 9.37. The van der Waals surface area contributed by atoms with Crippen molar-refractivity contribution in [2.24, 2.45) is 0 Å². The number of nitrogens with one attached hydrogen (secondary N) is 2. The number of fused-ring (bicyclic) bond motifs is 1. The molecule has 26 heavy (non-hydrogen) atoms. The molecule has 1 amide bonds. The first-order chi connectivity index (χ1) is 12.3. The van der Waals surface area contributed by atoms with Crippen LogP contribution in [-0.4, -0.2) is 34.3 Å². The summed E-state index contributed by atoms with van der Waals surface area (Å²) in [5.41, 5.74) is 1.30. The molecule has 0 unspecified atom stereocenters. The monoisotopic (exact) mass is 399 g/mol. The van der Waals surface area contributed by atoms with Gasteiger partial charge in [-0.1, -0.05) is 42.1 Å². The molecule has 0 aliphatic heterocycles. The van der Waals surface area contributed by atoms with E-state index in [1.54, 1.807) is 5.32 Å². The zero-order valence-corrected chi connectivity index (χ0v) is 14.7. The SMILES string of the molecule is O=C(CSc1nc2scc(-c3ccccc3)c2c(=O)[nH]1)NCC(F)(F)F. The third kappa shape index (κ3) is 4.44. The minimum absolute atomic E-state index is 0.186. The van der Waals surface area contributed by atoms with E-state index in [1.165, 1.54) is 11.3 Å². The van der Waals surface area contributed by atoms with Gasteiger partial charge in [-0.2, -0.15) is 13.2 Å². The molecule has 0 atom stereocenters. The molecule has 1 aromatic carbocycles. The molecule has 0 radical (unpaired) electrons. The molecule has 0 saturated heterocycles. The molecule has 0 aliphatic rings. The van der Waals surface area contributed by atoms with E-state index in [0.29, 0.717) is 10.2 Å². The fourth-order valence-electron chi connectivity index (χ4n) is 2.21. The van der Waals surface area contributed by atoms with Gasteiger partial charge in [0, 0.05) is 10.9 Å². The number of thioether (sulfide) groups is 1. The van der Waals surface area contributed by atoms with Crippen molar-refractivity contribution in [3.05, 3.63) is 46.1 Å². The number of halogens is 3. The number of nitrogens with zero attached hydrogens (tertiary/aromatic N) is 1. The number of benzene rings is 1. The van der Waals surface area contributed by atoms with Crippen LogP contribution in [0, 0.1) is 0 Å². The highest BCUT2D eigenvalue weighted by Gasteiger charge is 2.27. The van der Waals surface area contributed by atoms with Crippen LogP contribution < -0.4 is 10.9 Å². The summed E-state index contributed by atoms with van der Waals surface area (Å²) < 4.78 is 36.2. The molecule has 10 heteroatoms. The zero-order valence-electron chi connectivity index (χ0n) is 13.1. The number of thiophene rings is 1. The van der Waals surface area contributed by atoms with Crippen LogP contribution in [0.15, 0.2) is 45.7 Å². The van der Waals surface area contributed by atoms with Crippen LogP contribution in [0.5, 0.6) is 0 Å². The number of rotatable bonds is 5. The van der Waals surface area contributed by atoms with Crippen molar-refractivity contribution >= 4 is 39.2 Å². The minimum Gasteiger partial charge on any atom is -0.346 e. The average Bonchev–Trinajstić information content (AvgIpc) is 3.03. The molecule has 2 aromatic heterocycles. The Labute approximate surface area is 153 Å². The highest BCUT2D eigenvalue weighted by atomic mass is 32.2. The van der Waals surface area contributed by atoms with Crippen molar-refractivity contribution in [2.45, 2.75) is 11.3 Å². The Morgan fingerprint density at radius 2 is 2.00 bits per heavy atom. The van der Waals surface area contributed by atoms with E-state index in [9.17, 15) is 22.8 Å². The van der Waals surface area contributed by atoms with Crippen molar-refractivity contribution in [1.82, 2.24) is 15.3 Å². The largest absolute Gasteiger partial charge is 0.405 e. The standard InChI is InChI=1S/C16H12F3N3O2S2/c17-16(18,19)8-20-11(23)7-26-15-21-13(24)12-10(6-25-14(12)22-15)9-4-2-1-3-5-9/h1-6H,7-8H2,(H,20,23)(H,21,22,24). The summed E-state index contributed by atoms with van der Waals surface area (Å²) in [7, 11) is 0. The highest BCUT2D eigenvalue weighted by Crippen LogP contribution is 2.31. The summed E-state index contributed by atoms with van der Waals surface area (Å²) in [6.07, 6.45) is -4.46. The van der Waals surface area contributed by atoms with Gasteiger partial charge in [0.15, 0.2) is 5.16 Å². The highest BCUT2D eigenvalue weighted by molar-refractivity contribution is 7.99. The van der Waals surface area contributed by atoms with Crippen LogP contribution in [0.4, 0.5) is 13.2 Å². The molecule has 5 nitrogen and oxygen atoms in total. The van der Waals surface area contributed by atoms with Crippen molar-refractivity contribution in [1.29, 1.82) is 0 Å². The third-order valence-electron chi connectivity index (χ3n) is 3.33. The van der Waals surface area contributed by atoms with Gasteiger partial charge in [-0.3, -0.25) is 9.59 Å². The van der Waals surface area contributed by atoms with Gasteiger partial charge in [0.05, 0.1) is 11.1 Å². The van der Waals surface area contributed by atoms with Crippen LogP contribution in [0.3, 0.4) is 0 Å². The number of hydrogen-bond donors (Lipinski definition) is 2. The Morgan fingerprint density at radius 1 is 1.27 bits per heavy atom. The summed E-state index contributed by atoms with van der Waals surface area (Å²) in [5, 5.41) is 4.23. The Morgan fingerprint density at radius 3 is 2.69 bits per heavy atom. The van der Waals surface area contributed by atoms with Crippen molar-refractivity contribution < 1.29 is 18.0 Å². The first-order valence-corrected chi connectivity index (χ1v) is 9.23. The van der Waals surface area contributed by atoms with Crippen molar-refractivity contribution in [2.75, 3.05) is 12.3 Å². The minimum atomic E-state index is -4.46. The molecule has 0 saturated carbocycles. The van der Waals surface area contributed by atoms with Crippen LogP contribution in [-0.2, 0) is 4.79 Å². The molecule has 0 fully saturated rings. The normalized spacial score (nSPS) is 11.7. The first-order valence-electron chi connectivity index (χ1n) is 7.37. The lowest BCUT2D eigenvalue weighted by atomic mass is 10.1. The number of carbonyl (C=O) groups excluding carboxylic acids is 1. The fraction of sp³-hybridized carbons (Fsp3) is 0.188. The van der Waals surface area contributed by atoms with E-state index in [0.717, 1.165) is 22.9 Å². The number of alkyl halides is 3. The summed E-state index contributed by atoms with van der Waals surface area (Å²) in [5.74, 6) is -1.06. The molecule has 0 aliphatic carbocycles. The summed E-state index contributed by atoms with van der Waals surface area (Å²) in [6.45, 7) is -1.39. The topological polar surface area (TPSA) is 74.8 Å². The molecule has 3 rings (SSSR count). The molecule has 0 spiro atoms. The lowest BCUT2D eigenvalue weighted by Gasteiger charge is -2.07. The Bertz CT molecular complexity index is 984. The fourth-order valence-corrected chi connectivity index (χ4v) is 3.91. The maximum absolute atomic E-state index is 12.4. The lowest BCUT2D eigenvalue weighted by molar-refractivity contribution is -0.136. The van der Waals surface area contributed by atoms with Gasteiger partial charge in [-0.15, -0.1) is 11.3 Å². The molecule has 2 heterocycles. The van der Waals surface area contributed by atoms with E-state index >= 15 is 0 Å². The molecule has 3 aromatic rings. The average molecular weight is 399 g/mol. The molecular weight excluding hydrogens is 387 g/mol. The van der Waals surface area contributed by atoms with E-state index in [1.807, 2.05) is 35.7 Å². The maximum atomic E-state index is 12.4. The predicted molar refractivity (Wildman–Crippen MR) is 95.5 cm³/mol. The van der Waals surface area contributed by atoms with E-state index < -0.39 is 18.6 Å². The Hall–Kier alpha value is -2.33. The van der Waals surface area contributed by atoms with E-state index in [4.69, 9.17) is 0 Å². The lowest BCUT2D eigenvalue weighted by Crippen LogP contribution is -2.34. The van der Waals surface area contributed by atoms with Crippen molar-refractivity contribution in [3.63, 3.8) is 0 Å².